The van der Waals surface area contributed by atoms with Crippen LogP contribution < -0.4 is 4.90 Å². The second-order valence-corrected chi connectivity index (χ2v) is 7.93. The van der Waals surface area contributed by atoms with E-state index in [2.05, 4.69) is 14.9 Å². The van der Waals surface area contributed by atoms with Crippen LogP contribution in [0.5, 0.6) is 0 Å². The number of rotatable bonds is 5. The molecule has 1 saturated heterocycles. The largest absolute Gasteiger partial charge is 0.416 e. The van der Waals surface area contributed by atoms with Crippen molar-refractivity contribution >= 4 is 5.95 Å². The van der Waals surface area contributed by atoms with Gasteiger partial charge in [0.05, 0.1) is 17.3 Å². The number of nitrogens with zero attached hydrogens (tertiary/aromatic N) is 5. The van der Waals surface area contributed by atoms with Crippen LogP contribution in [0, 0.1) is 0 Å². The van der Waals surface area contributed by atoms with E-state index in [1.807, 2.05) is 32.4 Å². The van der Waals surface area contributed by atoms with E-state index in [9.17, 15) is 13.2 Å². The Morgan fingerprint density at radius 2 is 1.97 bits per heavy atom. The Bertz CT molecular complexity index is 1040. The van der Waals surface area contributed by atoms with Gasteiger partial charge in [-0.05, 0) is 48.7 Å². The number of hydrogen-bond donors (Lipinski definition) is 0. The van der Waals surface area contributed by atoms with Crippen LogP contribution in [-0.4, -0.2) is 40.5 Å². The van der Waals surface area contributed by atoms with Crippen LogP contribution in [0.25, 0.3) is 11.1 Å². The topological polar surface area (TPSA) is 45.2 Å². The number of anilines is 1. The first-order chi connectivity index (χ1) is 14.8. The highest BCUT2D eigenvalue weighted by atomic mass is 19.4. The van der Waals surface area contributed by atoms with Gasteiger partial charge in [0.1, 0.15) is 0 Å². The van der Waals surface area contributed by atoms with Crippen molar-refractivity contribution < 1.29 is 13.2 Å². The van der Waals surface area contributed by atoms with Crippen molar-refractivity contribution in [2.45, 2.75) is 31.6 Å². The molecule has 0 bridgehead atoms. The first kappa shape index (κ1) is 21.2. The van der Waals surface area contributed by atoms with Gasteiger partial charge in [-0.3, -0.25) is 9.88 Å². The fourth-order valence-corrected chi connectivity index (χ4v) is 3.99. The molecule has 162 valence electrons. The van der Waals surface area contributed by atoms with Crippen LogP contribution in [0.4, 0.5) is 19.1 Å². The second kappa shape index (κ2) is 8.63. The number of hydrogen-bond acceptors (Lipinski definition) is 5. The molecule has 1 aromatic carbocycles. The molecule has 1 fully saturated rings. The minimum Gasteiger partial charge on any atom is -0.347 e. The smallest absolute Gasteiger partial charge is 0.347 e. The lowest BCUT2D eigenvalue weighted by atomic mass is 9.98. The minimum atomic E-state index is -4.40. The molecule has 1 aliphatic rings. The molecular weight excluding hydrogens is 403 g/mol. The molecule has 1 aliphatic heterocycles. The molecule has 0 N–H and O–H groups in total. The highest BCUT2D eigenvalue weighted by molar-refractivity contribution is 5.67. The van der Waals surface area contributed by atoms with Crippen LogP contribution in [-0.2, 0) is 12.7 Å². The molecule has 0 amide bonds. The summed E-state index contributed by atoms with van der Waals surface area (Å²) in [6.45, 7) is 1.60. The van der Waals surface area contributed by atoms with Gasteiger partial charge in [-0.15, -0.1) is 0 Å². The van der Waals surface area contributed by atoms with E-state index >= 15 is 0 Å². The molecule has 3 heterocycles. The molecule has 2 aromatic heterocycles. The van der Waals surface area contributed by atoms with Gasteiger partial charge in [-0.1, -0.05) is 18.2 Å². The number of benzene rings is 1. The second-order valence-electron chi connectivity index (χ2n) is 7.93. The molecule has 0 unspecified atom stereocenters. The number of likely N-dealkylation sites (tertiary alicyclic amines) is 1. The summed E-state index contributed by atoms with van der Waals surface area (Å²) in [5.74, 6) is 0.541. The fraction of sp³-hybridized carbons (Fsp3) is 0.348. The Morgan fingerprint density at radius 1 is 1.13 bits per heavy atom. The number of pyridine rings is 1. The highest BCUT2D eigenvalue weighted by Gasteiger charge is 2.33. The Balaban J connectivity index is 1.76. The van der Waals surface area contributed by atoms with Gasteiger partial charge in [0.25, 0.3) is 0 Å². The molecule has 4 rings (SSSR count). The van der Waals surface area contributed by atoms with Gasteiger partial charge < -0.3 is 4.90 Å². The summed E-state index contributed by atoms with van der Waals surface area (Å²) < 4.78 is 39.9. The maximum absolute atomic E-state index is 13.3. The standard InChI is InChI=1S/C23H24F3N5/c1-30(2)22-28-14-19(17-7-3-8-18(12-17)23(24,25)26)21(29-22)20-9-5-11-31(20)15-16-6-4-10-27-13-16/h3-4,6-8,10,12-14,20H,5,9,11,15H2,1-2H3/t20-/m0/s1. The summed E-state index contributed by atoms with van der Waals surface area (Å²) >= 11 is 0. The lowest BCUT2D eigenvalue weighted by Gasteiger charge is -2.26. The van der Waals surface area contributed by atoms with Crippen LogP contribution in [0.2, 0.25) is 0 Å². The lowest BCUT2D eigenvalue weighted by molar-refractivity contribution is -0.137. The zero-order valence-corrected chi connectivity index (χ0v) is 17.5. The molecule has 5 nitrogen and oxygen atoms in total. The number of aromatic nitrogens is 3. The Morgan fingerprint density at radius 3 is 2.68 bits per heavy atom. The SMILES string of the molecule is CN(C)c1ncc(-c2cccc(C(F)(F)F)c2)c([C@@H]2CCCN2Cc2cccnc2)n1. The summed E-state index contributed by atoms with van der Waals surface area (Å²) in [4.78, 5) is 17.5. The van der Waals surface area contributed by atoms with E-state index < -0.39 is 11.7 Å². The van der Waals surface area contributed by atoms with Gasteiger partial charge in [-0.2, -0.15) is 13.2 Å². The maximum Gasteiger partial charge on any atom is 0.416 e. The summed E-state index contributed by atoms with van der Waals surface area (Å²) in [5.41, 5.74) is 2.30. The van der Waals surface area contributed by atoms with E-state index in [-0.39, 0.29) is 6.04 Å². The van der Waals surface area contributed by atoms with Gasteiger partial charge >= 0.3 is 6.18 Å². The van der Waals surface area contributed by atoms with E-state index in [1.54, 1.807) is 23.4 Å². The van der Waals surface area contributed by atoms with Crippen molar-refractivity contribution in [3.05, 3.63) is 71.8 Å². The predicted molar refractivity (Wildman–Crippen MR) is 113 cm³/mol. The molecule has 0 aliphatic carbocycles. The third kappa shape index (κ3) is 4.69. The van der Waals surface area contributed by atoms with E-state index in [0.717, 1.165) is 36.7 Å². The Labute approximate surface area is 179 Å². The van der Waals surface area contributed by atoms with Crippen molar-refractivity contribution in [1.29, 1.82) is 0 Å². The fourth-order valence-electron chi connectivity index (χ4n) is 3.99. The molecule has 0 radical (unpaired) electrons. The molecular formula is C23H24F3N5. The average molecular weight is 427 g/mol. The van der Waals surface area contributed by atoms with Crippen molar-refractivity contribution in [2.24, 2.45) is 0 Å². The van der Waals surface area contributed by atoms with Gasteiger partial charge in [0.15, 0.2) is 0 Å². The molecule has 0 saturated carbocycles. The first-order valence-electron chi connectivity index (χ1n) is 10.2. The summed E-state index contributed by atoms with van der Waals surface area (Å²) in [7, 11) is 3.70. The van der Waals surface area contributed by atoms with Gasteiger partial charge in [0.2, 0.25) is 5.95 Å². The minimum absolute atomic E-state index is 0.00792. The monoisotopic (exact) mass is 427 g/mol. The van der Waals surface area contributed by atoms with Gasteiger partial charge in [0, 0.05) is 44.8 Å². The van der Waals surface area contributed by atoms with Crippen LogP contribution in [0.15, 0.2) is 55.0 Å². The molecule has 31 heavy (non-hydrogen) atoms. The molecule has 3 aromatic rings. The summed E-state index contributed by atoms with van der Waals surface area (Å²) in [6.07, 6.45) is 2.71. The highest BCUT2D eigenvalue weighted by Crippen LogP contribution is 2.39. The third-order valence-electron chi connectivity index (χ3n) is 5.49. The third-order valence-corrected chi connectivity index (χ3v) is 5.49. The molecule has 0 spiro atoms. The Hall–Kier alpha value is -3.00. The number of halogens is 3. The predicted octanol–water partition coefficient (Wildman–Crippen LogP) is 4.96. The molecule has 8 heteroatoms. The quantitative estimate of drug-likeness (QED) is 0.576. The van der Waals surface area contributed by atoms with E-state index in [0.29, 0.717) is 23.6 Å². The zero-order chi connectivity index (χ0) is 22.0. The van der Waals surface area contributed by atoms with E-state index in [1.165, 1.54) is 12.1 Å². The zero-order valence-electron chi connectivity index (χ0n) is 17.5. The van der Waals surface area contributed by atoms with Crippen molar-refractivity contribution in [3.63, 3.8) is 0 Å². The number of alkyl halides is 3. The lowest BCUT2D eigenvalue weighted by Crippen LogP contribution is -2.25. The van der Waals surface area contributed by atoms with Gasteiger partial charge in [-0.25, -0.2) is 9.97 Å². The van der Waals surface area contributed by atoms with Crippen molar-refractivity contribution in [3.8, 4) is 11.1 Å². The first-order valence-corrected chi connectivity index (χ1v) is 10.2. The maximum atomic E-state index is 13.3. The Kier molecular flexibility index (Phi) is 5.91. The van der Waals surface area contributed by atoms with Crippen molar-refractivity contribution in [2.75, 3.05) is 25.5 Å². The average Bonchev–Trinajstić information content (AvgIpc) is 3.21. The molecule has 1 atom stereocenters. The van der Waals surface area contributed by atoms with Crippen LogP contribution >= 0.6 is 0 Å². The van der Waals surface area contributed by atoms with E-state index in [4.69, 9.17) is 4.98 Å². The normalized spacial score (nSPS) is 17.1. The van der Waals surface area contributed by atoms with Crippen LogP contribution in [0.3, 0.4) is 0 Å². The summed E-state index contributed by atoms with van der Waals surface area (Å²) in [6, 6.07) is 9.31. The van der Waals surface area contributed by atoms with Crippen molar-refractivity contribution in [1.82, 2.24) is 19.9 Å². The summed E-state index contributed by atoms with van der Waals surface area (Å²) in [5, 5.41) is 0. The van der Waals surface area contributed by atoms with Crippen LogP contribution in [0.1, 0.15) is 35.7 Å².